The second kappa shape index (κ2) is 4.45. The summed E-state index contributed by atoms with van der Waals surface area (Å²) in [5, 5.41) is 3.42. The fourth-order valence-corrected chi connectivity index (χ4v) is 2.65. The molecule has 90 valence electrons. The minimum Gasteiger partial charge on any atom is -0.328 e. The molecule has 3 rings (SSSR count). The monoisotopic (exact) mass is 230 g/mol. The Bertz CT molecular complexity index is 511. The molecule has 0 radical (unpaired) electrons. The van der Waals surface area contributed by atoms with Crippen LogP contribution in [0.25, 0.3) is 11.0 Å². The summed E-state index contributed by atoms with van der Waals surface area (Å²) in [6.07, 6.45) is 6.06. The molecule has 0 aromatic carbocycles. The summed E-state index contributed by atoms with van der Waals surface area (Å²) in [6, 6.07) is 2.07. The van der Waals surface area contributed by atoms with Crippen LogP contribution in [0.1, 0.15) is 31.5 Å². The molecule has 4 nitrogen and oxygen atoms in total. The lowest BCUT2D eigenvalue weighted by Crippen LogP contribution is -2.12. The lowest BCUT2D eigenvalue weighted by Gasteiger charge is -2.11. The van der Waals surface area contributed by atoms with E-state index >= 15 is 0 Å². The third-order valence-corrected chi connectivity index (χ3v) is 3.45. The molecule has 17 heavy (non-hydrogen) atoms. The number of nitrogens with one attached hydrogen (secondary N) is 1. The first-order chi connectivity index (χ1) is 8.40. The topological polar surface area (TPSA) is 42.7 Å². The van der Waals surface area contributed by atoms with Gasteiger partial charge in [-0.3, -0.25) is 4.98 Å². The highest BCUT2D eigenvalue weighted by Crippen LogP contribution is 2.25. The zero-order chi connectivity index (χ0) is 11.7. The van der Waals surface area contributed by atoms with E-state index in [1.807, 2.05) is 12.4 Å². The summed E-state index contributed by atoms with van der Waals surface area (Å²) in [6.45, 7) is 5.43. The number of imidazole rings is 1. The van der Waals surface area contributed by atoms with Crippen molar-refractivity contribution in [1.82, 2.24) is 19.9 Å². The number of rotatable bonds is 3. The smallest absolute Gasteiger partial charge is 0.114 e. The van der Waals surface area contributed by atoms with Crippen LogP contribution in [0.2, 0.25) is 0 Å². The van der Waals surface area contributed by atoms with Gasteiger partial charge in [0.2, 0.25) is 0 Å². The predicted molar refractivity (Wildman–Crippen MR) is 68.0 cm³/mol. The van der Waals surface area contributed by atoms with Gasteiger partial charge in [0.15, 0.2) is 0 Å². The number of fused-ring (bicyclic) bond motifs is 1. The lowest BCUT2D eigenvalue weighted by atomic mass is 10.1. The summed E-state index contributed by atoms with van der Waals surface area (Å²) < 4.78 is 2.37. The molecule has 0 spiro atoms. The van der Waals surface area contributed by atoms with Gasteiger partial charge in [0.05, 0.1) is 11.7 Å². The van der Waals surface area contributed by atoms with Crippen LogP contribution in [-0.4, -0.2) is 27.6 Å². The average Bonchev–Trinajstić information content (AvgIpc) is 2.97. The average molecular weight is 230 g/mol. The Balaban J connectivity index is 2.11. The van der Waals surface area contributed by atoms with Gasteiger partial charge in [0.25, 0.3) is 0 Å². The van der Waals surface area contributed by atoms with Crippen LogP contribution in [0.15, 0.2) is 18.5 Å². The lowest BCUT2D eigenvalue weighted by molar-refractivity contribution is 0.601. The van der Waals surface area contributed by atoms with Crippen molar-refractivity contribution in [2.45, 2.75) is 32.2 Å². The van der Waals surface area contributed by atoms with E-state index in [4.69, 9.17) is 4.98 Å². The van der Waals surface area contributed by atoms with Crippen LogP contribution in [0.5, 0.6) is 0 Å². The highest BCUT2D eigenvalue weighted by Gasteiger charge is 2.23. The second-order valence-corrected chi connectivity index (χ2v) is 4.68. The highest BCUT2D eigenvalue weighted by molar-refractivity contribution is 5.74. The zero-order valence-corrected chi connectivity index (χ0v) is 10.2. The molecule has 2 aromatic rings. The standard InChI is InChI=1S/C13H18N4/c1-2-7-17-12-4-6-15-9-11(12)16-13(17)10-3-5-14-8-10/h4,6,9-10,14H,2-3,5,7-8H2,1H3. The van der Waals surface area contributed by atoms with Gasteiger partial charge in [-0.2, -0.15) is 0 Å². The molecule has 1 N–H and O–H groups in total. The maximum absolute atomic E-state index is 4.77. The summed E-state index contributed by atoms with van der Waals surface area (Å²) in [4.78, 5) is 8.94. The SMILES string of the molecule is CCCn1c(C2CCNC2)nc2cnccc21. The molecule has 1 fully saturated rings. The minimum absolute atomic E-state index is 0.564. The van der Waals surface area contributed by atoms with Crippen molar-refractivity contribution in [2.75, 3.05) is 13.1 Å². The van der Waals surface area contributed by atoms with Crippen molar-refractivity contribution >= 4 is 11.0 Å². The fourth-order valence-electron chi connectivity index (χ4n) is 2.65. The number of pyridine rings is 1. The molecular weight excluding hydrogens is 212 g/mol. The van der Waals surface area contributed by atoms with Crippen molar-refractivity contribution < 1.29 is 0 Å². The van der Waals surface area contributed by atoms with Gasteiger partial charge in [-0.15, -0.1) is 0 Å². The highest BCUT2D eigenvalue weighted by atomic mass is 15.1. The van der Waals surface area contributed by atoms with Gasteiger partial charge < -0.3 is 9.88 Å². The molecular formula is C13H18N4. The van der Waals surface area contributed by atoms with E-state index < -0.39 is 0 Å². The quantitative estimate of drug-likeness (QED) is 0.876. The molecule has 0 amide bonds. The number of aromatic nitrogens is 3. The van der Waals surface area contributed by atoms with Gasteiger partial charge in [-0.05, 0) is 25.5 Å². The van der Waals surface area contributed by atoms with Crippen LogP contribution < -0.4 is 5.32 Å². The van der Waals surface area contributed by atoms with Gasteiger partial charge in [-0.1, -0.05) is 6.92 Å². The molecule has 0 saturated carbocycles. The summed E-state index contributed by atoms with van der Waals surface area (Å²) in [7, 11) is 0. The van der Waals surface area contributed by atoms with Gasteiger partial charge in [-0.25, -0.2) is 4.98 Å². The predicted octanol–water partition coefficient (Wildman–Crippen LogP) is 1.92. The Labute approximate surface area is 101 Å². The van der Waals surface area contributed by atoms with Crippen LogP contribution >= 0.6 is 0 Å². The Morgan fingerprint density at radius 3 is 3.24 bits per heavy atom. The first-order valence-electron chi connectivity index (χ1n) is 6.41. The summed E-state index contributed by atoms with van der Waals surface area (Å²) in [5.74, 6) is 1.80. The van der Waals surface area contributed by atoms with Crippen molar-refractivity contribution in [3.05, 3.63) is 24.3 Å². The number of hydrogen-bond donors (Lipinski definition) is 1. The molecule has 0 bridgehead atoms. The molecule has 1 unspecified atom stereocenters. The van der Waals surface area contributed by atoms with Crippen LogP contribution in [0, 0.1) is 0 Å². The third-order valence-electron chi connectivity index (χ3n) is 3.45. The third kappa shape index (κ3) is 1.82. The molecule has 2 aromatic heterocycles. The van der Waals surface area contributed by atoms with E-state index in [9.17, 15) is 0 Å². The van der Waals surface area contributed by atoms with E-state index in [-0.39, 0.29) is 0 Å². The minimum atomic E-state index is 0.564. The Morgan fingerprint density at radius 1 is 1.53 bits per heavy atom. The van der Waals surface area contributed by atoms with E-state index in [2.05, 4.69) is 27.9 Å². The Morgan fingerprint density at radius 2 is 2.47 bits per heavy atom. The van der Waals surface area contributed by atoms with E-state index in [0.29, 0.717) is 5.92 Å². The van der Waals surface area contributed by atoms with E-state index in [0.717, 1.165) is 31.6 Å². The van der Waals surface area contributed by atoms with Crippen LogP contribution in [0.3, 0.4) is 0 Å². The Kier molecular flexibility index (Phi) is 2.81. The Hall–Kier alpha value is -1.42. The summed E-state index contributed by atoms with van der Waals surface area (Å²) in [5.41, 5.74) is 2.26. The normalized spacial score (nSPS) is 20.2. The maximum atomic E-state index is 4.77. The molecule has 0 aliphatic carbocycles. The maximum Gasteiger partial charge on any atom is 0.114 e. The van der Waals surface area contributed by atoms with Crippen molar-refractivity contribution in [3.63, 3.8) is 0 Å². The number of nitrogens with zero attached hydrogens (tertiary/aromatic N) is 3. The van der Waals surface area contributed by atoms with Gasteiger partial charge >= 0.3 is 0 Å². The van der Waals surface area contributed by atoms with Crippen molar-refractivity contribution in [2.24, 2.45) is 0 Å². The fraction of sp³-hybridized carbons (Fsp3) is 0.538. The van der Waals surface area contributed by atoms with E-state index in [1.54, 1.807) is 0 Å². The second-order valence-electron chi connectivity index (χ2n) is 4.68. The van der Waals surface area contributed by atoms with E-state index in [1.165, 1.54) is 17.8 Å². The molecule has 1 saturated heterocycles. The molecule has 1 aliphatic rings. The molecule has 3 heterocycles. The summed E-state index contributed by atoms with van der Waals surface area (Å²) >= 11 is 0. The number of hydrogen-bond acceptors (Lipinski definition) is 3. The van der Waals surface area contributed by atoms with Crippen molar-refractivity contribution in [3.8, 4) is 0 Å². The van der Waals surface area contributed by atoms with Gasteiger partial charge in [0, 0.05) is 25.2 Å². The first-order valence-corrected chi connectivity index (χ1v) is 6.41. The van der Waals surface area contributed by atoms with Gasteiger partial charge in [0.1, 0.15) is 11.3 Å². The molecule has 4 heteroatoms. The molecule has 1 aliphatic heterocycles. The number of aryl methyl sites for hydroxylation is 1. The first kappa shape index (κ1) is 10.7. The largest absolute Gasteiger partial charge is 0.328 e. The zero-order valence-electron chi connectivity index (χ0n) is 10.2. The molecule has 1 atom stereocenters. The van der Waals surface area contributed by atoms with Crippen molar-refractivity contribution in [1.29, 1.82) is 0 Å². The van der Waals surface area contributed by atoms with Crippen LogP contribution in [-0.2, 0) is 6.54 Å². The van der Waals surface area contributed by atoms with Crippen LogP contribution in [0.4, 0.5) is 0 Å².